The van der Waals surface area contributed by atoms with Crippen molar-refractivity contribution in [1.82, 2.24) is 10.6 Å². The molecule has 3 N–H and O–H groups in total. The third-order valence-corrected chi connectivity index (χ3v) is 5.23. The fourth-order valence-electron chi connectivity index (χ4n) is 3.54. The van der Waals surface area contributed by atoms with Gasteiger partial charge in [0, 0.05) is 25.3 Å². The molecule has 0 aliphatic carbocycles. The van der Waals surface area contributed by atoms with Gasteiger partial charge in [0.2, 0.25) is 5.91 Å². The summed E-state index contributed by atoms with van der Waals surface area (Å²) in [5.74, 6) is -4.65. The number of carbonyl (C=O) groups is 1. The zero-order valence-electron chi connectivity index (χ0n) is 18.6. The second kappa shape index (κ2) is 12.7. The van der Waals surface area contributed by atoms with Gasteiger partial charge in [-0.3, -0.25) is 4.79 Å². The first kappa shape index (κ1) is 26.7. The van der Waals surface area contributed by atoms with E-state index in [4.69, 9.17) is 0 Å². The van der Waals surface area contributed by atoms with Crippen LogP contribution in [0, 0.1) is 17.5 Å². The highest BCUT2D eigenvalue weighted by Gasteiger charge is 2.16. The monoisotopic (exact) mass is 575 g/mol. The van der Waals surface area contributed by atoms with Crippen LogP contribution in [-0.4, -0.2) is 38.0 Å². The Labute approximate surface area is 209 Å². The Morgan fingerprint density at radius 2 is 1.85 bits per heavy atom. The number of hydrogen-bond acceptors (Lipinski definition) is 3. The normalized spacial score (nSPS) is 14.5. The van der Waals surface area contributed by atoms with E-state index >= 15 is 0 Å². The molecular formula is C23H29F3IN5O. The van der Waals surface area contributed by atoms with Crippen LogP contribution < -0.4 is 20.9 Å². The fraction of sp³-hybridized carbons (Fsp3) is 0.391. The number of halogens is 4. The van der Waals surface area contributed by atoms with Gasteiger partial charge in [-0.1, -0.05) is 12.1 Å². The molecule has 1 amide bonds. The van der Waals surface area contributed by atoms with E-state index in [1.165, 1.54) is 18.5 Å². The number of nitrogens with zero attached hydrogens (tertiary/aromatic N) is 2. The molecule has 1 heterocycles. The van der Waals surface area contributed by atoms with Crippen molar-refractivity contribution < 1.29 is 18.0 Å². The van der Waals surface area contributed by atoms with E-state index in [1.807, 2.05) is 26.0 Å². The van der Waals surface area contributed by atoms with Gasteiger partial charge in [0.05, 0.1) is 11.7 Å². The van der Waals surface area contributed by atoms with Crippen LogP contribution in [0.15, 0.2) is 41.4 Å². The molecule has 0 bridgehead atoms. The minimum absolute atomic E-state index is 0. The average molecular weight is 575 g/mol. The molecule has 0 radical (unpaired) electrons. The van der Waals surface area contributed by atoms with Crippen molar-refractivity contribution in [3.8, 4) is 0 Å². The first-order valence-electron chi connectivity index (χ1n) is 10.7. The molecule has 33 heavy (non-hydrogen) atoms. The Morgan fingerprint density at radius 3 is 2.55 bits per heavy atom. The van der Waals surface area contributed by atoms with Crippen LogP contribution in [0.2, 0.25) is 0 Å². The molecule has 1 saturated heterocycles. The van der Waals surface area contributed by atoms with Crippen LogP contribution in [0.3, 0.4) is 0 Å². The van der Waals surface area contributed by atoms with Gasteiger partial charge >= 0.3 is 0 Å². The molecule has 2 aromatic rings. The third-order valence-electron chi connectivity index (χ3n) is 5.23. The Kier molecular flexibility index (Phi) is 10.3. The Morgan fingerprint density at radius 1 is 1.12 bits per heavy atom. The SMILES string of the molecule is CCNC(=NCC(=O)Nc1ccc(F)c(F)c1F)NC(C)c1cccc(N2CCCC2)c1.I. The van der Waals surface area contributed by atoms with Crippen molar-refractivity contribution in [2.45, 2.75) is 32.7 Å². The lowest BCUT2D eigenvalue weighted by Gasteiger charge is -2.22. The maximum Gasteiger partial charge on any atom is 0.246 e. The molecule has 1 aliphatic rings. The van der Waals surface area contributed by atoms with E-state index < -0.39 is 29.0 Å². The van der Waals surface area contributed by atoms with Gasteiger partial charge in [-0.05, 0) is 56.5 Å². The number of rotatable bonds is 7. The van der Waals surface area contributed by atoms with Crippen molar-refractivity contribution in [1.29, 1.82) is 0 Å². The van der Waals surface area contributed by atoms with Crippen molar-refractivity contribution >= 4 is 47.2 Å². The minimum Gasteiger partial charge on any atom is -0.372 e. The number of carbonyl (C=O) groups excluding carboxylic acids is 1. The van der Waals surface area contributed by atoms with Gasteiger partial charge < -0.3 is 20.9 Å². The first-order valence-corrected chi connectivity index (χ1v) is 10.7. The van der Waals surface area contributed by atoms with Crippen molar-refractivity contribution in [2.24, 2.45) is 4.99 Å². The number of nitrogens with one attached hydrogen (secondary N) is 3. The maximum absolute atomic E-state index is 13.8. The van der Waals surface area contributed by atoms with Gasteiger partial charge in [-0.2, -0.15) is 0 Å². The van der Waals surface area contributed by atoms with Crippen LogP contribution in [-0.2, 0) is 4.79 Å². The second-order valence-corrected chi connectivity index (χ2v) is 7.62. The zero-order chi connectivity index (χ0) is 23.1. The fourth-order valence-corrected chi connectivity index (χ4v) is 3.54. The number of amides is 1. The summed E-state index contributed by atoms with van der Waals surface area (Å²) in [5, 5.41) is 8.53. The van der Waals surface area contributed by atoms with Crippen LogP contribution in [0.4, 0.5) is 24.5 Å². The summed E-state index contributed by atoms with van der Waals surface area (Å²) in [5.41, 5.74) is 1.82. The number of guanidine groups is 1. The Bertz CT molecular complexity index is 983. The topological polar surface area (TPSA) is 68.8 Å². The molecule has 1 fully saturated rings. The molecule has 180 valence electrons. The van der Waals surface area contributed by atoms with E-state index in [9.17, 15) is 18.0 Å². The molecule has 3 rings (SSSR count). The average Bonchev–Trinajstić information content (AvgIpc) is 3.33. The van der Waals surface area contributed by atoms with E-state index in [2.05, 4.69) is 38.0 Å². The highest BCUT2D eigenvalue weighted by atomic mass is 127. The van der Waals surface area contributed by atoms with Gasteiger partial charge in [0.25, 0.3) is 0 Å². The highest BCUT2D eigenvalue weighted by molar-refractivity contribution is 14.0. The molecule has 6 nitrogen and oxygen atoms in total. The molecule has 1 unspecified atom stereocenters. The molecule has 2 aromatic carbocycles. The maximum atomic E-state index is 13.8. The van der Waals surface area contributed by atoms with Crippen LogP contribution >= 0.6 is 24.0 Å². The van der Waals surface area contributed by atoms with Crippen molar-refractivity contribution in [2.75, 3.05) is 36.4 Å². The summed E-state index contributed by atoms with van der Waals surface area (Å²) >= 11 is 0. The number of hydrogen-bond donors (Lipinski definition) is 3. The summed E-state index contributed by atoms with van der Waals surface area (Å²) in [6.07, 6.45) is 2.40. The van der Waals surface area contributed by atoms with Gasteiger partial charge in [0.15, 0.2) is 23.4 Å². The van der Waals surface area contributed by atoms with Crippen LogP contribution in [0.1, 0.15) is 38.3 Å². The van der Waals surface area contributed by atoms with Crippen molar-refractivity contribution in [3.63, 3.8) is 0 Å². The predicted octanol–water partition coefficient (Wildman–Crippen LogP) is 4.58. The molecule has 10 heteroatoms. The number of benzene rings is 2. The molecule has 1 aliphatic heterocycles. The van der Waals surface area contributed by atoms with E-state index in [1.54, 1.807) is 0 Å². The number of aliphatic imine (C=N–C) groups is 1. The second-order valence-electron chi connectivity index (χ2n) is 7.62. The third kappa shape index (κ3) is 7.24. The van der Waals surface area contributed by atoms with Gasteiger partial charge in [0.1, 0.15) is 6.54 Å². The quantitative estimate of drug-likeness (QED) is 0.196. The predicted molar refractivity (Wildman–Crippen MR) is 136 cm³/mol. The van der Waals surface area contributed by atoms with E-state index in [-0.39, 0.29) is 36.6 Å². The first-order chi connectivity index (χ1) is 15.4. The zero-order valence-corrected chi connectivity index (χ0v) is 21.0. The van der Waals surface area contributed by atoms with Gasteiger partial charge in [-0.25, -0.2) is 18.2 Å². The van der Waals surface area contributed by atoms with Crippen LogP contribution in [0.25, 0.3) is 0 Å². The number of anilines is 2. The summed E-state index contributed by atoms with van der Waals surface area (Å²) in [6.45, 7) is 6.26. The van der Waals surface area contributed by atoms with Crippen LogP contribution in [0.5, 0.6) is 0 Å². The smallest absolute Gasteiger partial charge is 0.246 e. The Balaban J connectivity index is 0.00000385. The van der Waals surface area contributed by atoms with Gasteiger partial charge in [-0.15, -0.1) is 24.0 Å². The summed E-state index contributed by atoms with van der Waals surface area (Å²) in [4.78, 5) is 18.7. The molecule has 1 atom stereocenters. The van der Waals surface area contributed by atoms with E-state index in [0.29, 0.717) is 12.5 Å². The summed E-state index contributed by atoms with van der Waals surface area (Å²) < 4.78 is 40.1. The minimum atomic E-state index is -1.63. The lowest BCUT2D eigenvalue weighted by Crippen LogP contribution is -2.39. The largest absolute Gasteiger partial charge is 0.372 e. The molecular weight excluding hydrogens is 546 g/mol. The lowest BCUT2D eigenvalue weighted by atomic mass is 10.1. The molecule has 0 saturated carbocycles. The summed E-state index contributed by atoms with van der Waals surface area (Å²) in [6, 6.07) is 9.93. The molecule has 0 spiro atoms. The van der Waals surface area contributed by atoms with E-state index in [0.717, 1.165) is 30.8 Å². The molecule has 0 aromatic heterocycles. The Hall–Kier alpha value is -2.50. The standard InChI is InChI=1S/C23H28F3N5O.HI/c1-3-27-23(28-14-20(32)30-19-10-9-18(24)21(25)22(19)26)29-15(2)16-7-6-8-17(13-16)31-11-4-5-12-31;/h6-10,13,15H,3-5,11-12,14H2,1-2H3,(H,30,32)(H2,27,28,29);1H. The summed E-state index contributed by atoms with van der Waals surface area (Å²) in [7, 11) is 0. The van der Waals surface area contributed by atoms with Crippen molar-refractivity contribution in [3.05, 3.63) is 59.4 Å². The highest BCUT2D eigenvalue weighted by Crippen LogP contribution is 2.24. The lowest BCUT2D eigenvalue weighted by molar-refractivity contribution is -0.114.